The molecule has 128 valence electrons. The van der Waals surface area contributed by atoms with Crippen molar-refractivity contribution in [3.05, 3.63) is 53.7 Å². The molecule has 3 nitrogen and oxygen atoms in total. The molecule has 1 aromatic carbocycles. The van der Waals surface area contributed by atoms with E-state index in [2.05, 4.69) is 4.98 Å². The number of aldehydes is 1. The highest BCUT2D eigenvalue weighted by molar-refractivity contribution is 5.74. The molecule has 0 radical (unpaired) electrons. The molecule has 2 rings (SSSR count). The van der Waals surface area contributed by atoms with Gasteiger partial charge in [0, 0.05) is 17.8 Å². The third-order valence-corrected chi connectivity index (χ3v) is 2.99. The van der Waals surface area contributed by atoms with Crippen LogP contribution in [0.2, 0.25) is 0 Å². The predicted molar refractivity (Wildman–Crippen MR) is 71.0 cm³/mol. The second-order valence-electron chi connectivity index (χ2n) is 4.73. The number of ether oxygens (including phenoxy) is 1. The van der Waals surface area contributed by atoms with Crippen LogP contribution in [-0.4, -0.2) is 23.6 Å². The monoisotopic (exact) mass is 349 g/mol. The highest BCUT2D eigenvalue weighted by Gasteiger charge is 2.57. The Morgan fingerprint density at radius 2 is 1.50 bits per heavy atom. The topological polar surface area (TPSA) is 39.2 Å². The number of aromatic nitrogens is 1. The first-order valence-corrected chi connectivity index (χ1v) is 6.44. The lowest BCUT2D eigenvalue weighted by molar-refractivity contribution is -0.253. The van der Waals surface area contributed by atoms with Gasteiger partial charge < -0.3 is 4.74 Å². The maximum atomic E-state index is 12.6. The Labute approximate surface area is 131 Å². The van der Waals surface area contributed by atoms with Gasteiger partial charge in [0.1, 0.15) is 5.75 Å². The normalized spacial score (nSPS) is 12.3. The first kappa shape index (κ1) is 17.8. The minimum atomic E-state index is -5.45. The lowest BCUT2D eigenvalue weighted by Gasteiger charge is -2.23. The molecule has 0 unspecified atom stereocenters. The predicted octanol–water partition coefficient (Wildman–Crippen LogP) is 4.89. The number of hydrogen-bond acceptors (Lipinski definition) is 3. The maximum Gasteiger partial charge on any atom is 0.404 e. The number of alkyl halides is 6. The fourth-order valence-electron chi connectivity index (χ4n) is 1.93. The molecule has 1 heterocycles. The highest BCUT2D eigenvalue weighted by atomic mass is 19.4. The molecule has 0 amide bonds. The van der Waals surface area contributed by atoms with Gasteiger partial charge in [-0.1, -0.05) is 12.1 Å². The van der Waals surface area contributed by atoms with Gasteiger partial charge >= 0.3 is 12.4 Å². The Hall–Kier alpha value is -2.58. The first-order valence-electron chi connectivity index (χ1n) is 6.44. The number of pyridine rings is 1. The molecular weight excluding hydrogens is 340 g/mol. The lowest BCUT2D eigenvalue weighted by Crippen LogP contribution is -2.34. The largest absolute Gasteiger partial charge is 0.439 e. The summed E-state index contributed by atoms with van der Waals surface area (Å²) < 4.78 is 81.0. The third-order valence-electron chi connectivity index (χ3n) is 2.99. The minimum Gasteiger partial charge on any atom is -0.439 e. The van der Waals surface area contributed by atoms with Crippen LogP contribution < -0.4 is 4.74 Å². The molecule has 2 aromatic rings. The standard InChI is InChI=1S/C15H9F6NO2/c16-14(17,18)13(15(19,20)21)10-2-4-11(5-3-10)24-12-6-1-9(8-23)7-22-12/h1-8,13H. The van der Waals surface area contributed by atoms with Gasteiger partial charge in [-0.25, -0.2) is 4.98 Å². The molecule has 0 atom stereocenters. The van der Waals surface area contributed by atoms with Crippen LogP contribution in [0, 0.1) is 0 Å². The van der Waals surface area contributed by atoms with Crippen molar-refractivity contribution < 1.29 is 35.9 Å². The maximum absolute atomic E-state index is 12.6. The summed E-state index contributed by atoms with van der Waals surface area (Å²) >= 11 is 0. The fraction of sp³-hybridized carbons (Fsp3) is 0.200. The van der Waals surface area contributed by atoms with Crippen molar-refractivity contribution in [2.45, 2.75) is 18.3 Å². The van der Waals surface area contributed by atoms with Crippen LogP contribution in [0.1, 0.15) is 21.8 Å². The lowest BCUT2D eigenvalue weighted by atomic mass is 9.98. The number of benzene rings is 1. The van der Waals surface area contributed by atoms with Crippen LogP contribution in [0.3, 0.4) is 0 Å². The molecule has 0 aliphatic heterocycles. The van der Waals surface area contributed by atoms with Gasteiger partial charge in [-0.05, 0) is 23.8 Å². The van der Waals surface area contributed by atoms with Crippen molar-refractivity contribution in [1.82, 2.24) is 4.98 Å². The van der Waals surface area contributed by atoms with E-state index in [1.807, 2.05) is 0 Å². The van der Waals surface area contributed by atoms with Gasteiger partial charge in [-0.3, -0.25) is 4.79 Å². The van der Waals surface area contributed by atoms with E-state index in [0.29, 0.717) is 18.4 Å². The van der Waals surface area contributed by atoms with Crippen LogP contribution in [0.25, 0.3) is 0 Å². The zero-order chi connectivity index (χ0) is 18.0. The van der Waals surface area contributed by atoms with E-state index in [1.165, 1.54) is 18.3 Å². The SMILES string of the molecule is O=Cc1ccc(Oc2ccc(C(C(F)(F)F)C(F)(F)F)cc2)nc1. The first-order chi connectivity index (χ1) is 11.1. The summed E-state index contributed by atoms with van der Waals surface area (Å²) in [6.45, 7) is 0. The minimum absolute atomic E-state index is 0.00759. The van der Waals surface area contributed by atoms with Crippen molar-refractivity contribution in [1.29, 1.82) is 0 Å². The number of carbonyl (C=O) groups is 1. The molecule has 0 saturated carbocycles. The summed E-state index contributed by atoms with van der Waals surface area (Å²) in [6, 6.07) is 6.09. The summed E-state index contributed by atoms with van der Waals surface area (Å²) in [6.07, 6.45) is -9.14. The second kappa shape index (κ2) is 6.50. The molecule has 0 aliphatic carbocycles. The zero-order valence-electron chi connectivity index (χ0n) is 11.7. The molecule has 0 fully saturated rings. The van der Waals surface area contributed by atoms with E-state index < -0.39 is 23.8 Å². The zero-order valence-corrected chi connectivity index (χ0v) is 11.7. The van der Waals surface area contributed by atoms with Crippen molar-refractivity contribution in [2.24, 2.45) is 0 Å². The van der Waals surface area contributed by atoms with Crippen molar-refractivity contribution in [3.63, 3.8) is 0 Å². The molecule has 1 aromatic heterocycles. The molecule has 0 N–H and O–H groups in total. The Morgan fingerprint density at radius 3 is 1.92 bits per heavy atom. The summed E-state index contributed by atoms with van der Waals surface area (Å²) in [5.74, 6) is -3.52. The average Bonchev–Trinajstić information content (AvgIpc) is 2.47. The van der Waals surface area contributed by atoms with Crippen LogP contribution in [0.4, 0.5) is 26.3 Å². The Morgan fingerprint density at radius 1 is 0.917 bits per heavy atom. The van der Waals surface area contributed by atoms with Crippen molar-refractivity contribution in [3.8, 4) is 11.6 Å². The summed E-state index contributed by atoms with van der Waals surface area (Å²) in [5, 5.41) is 0. The Bertz CT molecular complexity index is 678. The number of nitrogens with zero attached hydrogens (tertiary/aromatic N) is 1. The van der Waals surface area contributed by atoms with Gasteiger partial charge in [0.25, 0.3) is 0 Å². The van der Waals surface area contributed by atoms with Crippen molar-refractivity contribution >= 4 is 6.29 Å². The smallest absolute Gasteiger partial charge is 0.404 e. The van der Waals surface area contributed by atoms with Crippen LogP contribution in [-0.2, 0) is 0 Å². The van der Waals surface area contributed by atoms with Crippen LogP contribution in [0.5, 0.6) is 11.6 Å². The molecule has 9 heteroatoms. The quantitative estimate of drug-likeness (QED) is 0.582. The molecule has 0 bridgehead atoms. The Balaban J connectivity index is 2.21. The summed E-state index contributed by atoms with van der Waals surface area (Å²) in [5.41, 5.74) is -0.650. The van der Waals surface area contributed by atoms with Crippen LogP contribution >= 0.6 is 0 Å². The number of halogens is 6. The van der Waals surface area contributed by atoms with E-state index in [1.54, 1.807) is 0 Å². The van der Waals surface area contributed by atoms with E-state index >= 15 is 0 Å². The highest BCUT2D eigenvalue weighted by Crippen LogP contribution is 2.46. The number of hydrogen-bond donors (Lipinski definition) is 0. The van der Waals surface area contributed by atoms with Gasteiger partial charge in [0.15, 0.2) is 12.2 Å². The molecule has 0 spiro atoms. The van der Waals surface area contributed by atoms with E-state index in [-0.39, 0.29) is 17.2 Å². The van der Waals surface area contributed by atoms with Gasteiger partial charge in [0.2, 0.25) is 5.88 Å². The molecule has 0 saturated heterocycles. The van der Waals surface area contributed by atoms with Gasteiger partial charge in [-0.15, -0.1) is 0 Å². The summed E-state index contributed by atoms with van der Waals surface area (Å²) in [7, 11) is 0. The van der Waals surface area contributed by atoms with E-state index in [9.17, 15) is 31.1 Å². The van der Waals surface area contributed by atoms with E-state index in [0.717, 1.165) is 12.1 Å². The molecule has 24 heavy (non-hydrogen) atoms. The summed E-state index contributed by atoms with van der Waals surface area (Å²) in [4.78, 5) is 14.2. The molecular formula is C15H9F6NO2. The molecule has 0 aliphatic rings. The van der Waals surface area contributed by atoms with Crippen molar-refractivity contribution in [2.75, 3.05) is 0 Å². The second-order valence-corrected chi connectivity index (χ2v) is 4.73. The van der Waals surface area contributed by atoms with Gasteiger partial charge in [0.05, 0.1) is 0 Å². The number of carbonyl (C=O) groups excluding carboxylic acids is 1. The fourth-order valence-corrected chi connectivity index (χ4v) is 1.93. The van der Waals surface area contributed by atoms with E-state index in [4.69, 9.17) is 4.74 Å². The average molecular weight is 349 g/mol. The van der Waals surface area contributed by atoms with Gasteiger partial charge in [-0.2, -0.15) is 26.3 Å². The number of rotatable bonds is 4. The Kier molecular flexibility index (Phi) is 4.81. The third kappa shape index (κ3) is 4.24. The van der Waals surface area contributed by atoms with Crippen LogP contribution in [0.15, 0.2) is 42.6 Å².